The van der Waals surface area contributed by atoms with E-state index in [0.717, 1.165) is 25.0 Å². The third-order valence-electron chi connectivity index (χ3n) is 5.93. The number of aliphatic hydroxyl groups excluding tert-OH is 2. The number of ketones is 1. The molecule has 3 N–H and O–H groups in total. The van der Waals surface area contributed by atoms with Crippen molar-refractivity contribution in [1.29, 1.82) is 0 Å². The molecule has 1 aromatic carbocycles. The smallest absolute Gasteiger partial charge is 0.303 e. The molecule has 0 aromatic heterocycles. The highest BCUT2D eigenvalue weighted by Gasteiger charge is 2.39. The number of carboxylic acid groups (broad SMARTS) is 1. The van der Waals surface area contributed by atoms with Gasteiger partial charge in [0.25, 0.3) is 0 Å². The minimum Gasteiger partial charge on any atom is -0.481 e. The molecule has 1 aliphatic carbocycles. The third kappa shape index (κ3) is 10.0. The number of Topliss-reactive ketones (excluding diaryl/α,β-unsaturated/α-hetero) is 1. The van der Waals surface area contributed by atoms with Gasteiger partial charge < -0.3 is 20.1 Å². The molecule has 0 amide bonds. The number of unbranched alkanes of at least 4 members (excludes halogenated alkanes) is 1. The molecule has 4 atom stereocenters. The summed E-state index contributed by atoms with van der Waals surface area (Å²) in [5.74, 6) is -1.42. The molecule has 1 aromatic rings. The van der Waals surface area contributed by atoms with E-state index in [0.29, 0.717) is 32.3 Å². The molecule has 0 radical (unpaired) electrons. The van der Waals surface area contributed by atoms with Crippen LogP contribution in [0, 0.1) is 11.8 Å². The van der Waals surface area contributed by atoms with Crippen LogP contribution in [0.1, 0.15) is 56.6 Å². The van der Waals surface area contributed by atoms with Gasteiger partial charge in [-0.2, -0.15) is 0 Å². The van der Waals surface area contributed by atoms with E-state index in [1.54, 1.807) is 12.2 Å². The van der Waals surface area contributed by atoms with E-state index in [1.165, 1.54) is 5.56 Å². The Bertz CT molecular complexity index is 800. The van der Waals surface area contributed by atoms with Crippen LogP contribution < -0.4 is 0 Å². The lowest BCUT2D eigenvalue weighted by Crippen LogP contribution is -2.19. The second kappa shape index (κ2) is 14.8. The van der Waals surface area contributed by atoms with Gasteiger partial charge in [0, 0.05) is 37.7 Å². The van der Waals surface area contributed by atoms with Crippen molar-refractivity contribution in [3.8, 4) is 0 Å². The van der Waals surface area contributed by atoms with Crippen molar-refractivity contribution in [2.45, 2.75) is 70.5 Å². The van der Waals surface area contributed by atoms with Crippen molar-refractivity contribution in [2.24, 2.45) is 11.8 Å². The molecule has 1 aliphatic rings. The molecule has 6 nitrogen and oxygen atoms in total. The SMILES string of the molecule is CCCOCCc1cccc(CC(O)/C=C/[C@H]2[C@H](O)CC(=O)[C@@H]2C/C=C\CCCC(=O)O)c1. The molecule has 0 aliphatic heterocycles. The first-order valence-electron chi connectivity index (χ1n) is 12.0. The zero-order valence-corrected chi connectivity index (χ0v) is 19.6. The van der Waals surface area contributed by atoms with Crippen LogP contribution >= 0.6 is 0 Å². The van der Waals surface area contributed by atoms with Gasteiger partial charge in [-0.3, -0.25) is 9.59 Å². The van der Waals surface area contributed by atoms with Gasteiger partial charge >= 0.3 is 5.97 Å². The molecule has 1 saturated carbocycles. The topological polar surface area (TPSA) is 104 Å². The lowest BCUT2D eigenvalue weighted by Gasteiger charge is -2.17. The molecular formula is C27H38O6. The van der Waals surface area contributed by atoms with Crippen molar-refractivity contribution >= 4 is 11.8 Å². The molecular weight excluding hydrogens is 420 g/mol. The van der Waals surface area contributed by atoms with Gasteiger partial charge in [-0.25, -0.2) is 0 Å². The Morgan fingerprint density at radius 3 is 2.79 bits per heavy atom. The summed E-state index contributed by atoms with van der Waals surface area (Å²) < 4.78 is 5.55. The summed E-state index contributed by atoms with van der Waals surface area (Å²) in [6.45, 7) is 3.53. The predicted octanol–water partition coefficient (Wildman–Crippen LogP) is 3.88. The fourth-order valence-electron chi connectivity index (χ4n) is 4.17. The Kier molecular flexibility index (Phi) is 12.1. The largest absolute Gasteiger partial charge is 0.481 e. The number of allylic oxidation sites excluding steroid dienone is 2. The highest BCUT2D eigenvalue weighted by atomic mass is 16.5. The molecule has 33 heavy (non-hydrogen) atoms. The van der Waals surface area contributed by atoms with Crippen molar-refractivity contribution in [3.63, 3.8) is 0 Å². The van der Waals surface area contributed by atoms with Crippen molar-refractivity contribution in [3.05, 3.63) is 59.7 Å². The second-order valence-electron chi connectivity index (χ2n) is 8.75. The van der Waals surface area contributed by atoms with Crippen LogP contribution in [-0.4, -0.2) is 52.5 Å². The monoisotopic (exact) mass is 458 g/mol. The van der Waals surface area contributed by atoms with Crippen LogP contribution in [0.25, 0.3) is 0 Å². The minimum atomic E-state index is -0.811. The number of carbonyl (C=O) groups is 2. The van der Waals surface area contributed by atoms with E-state index in [4.69, 9.17) is 9.84 Å². The quantitative estimate of drug-likeness (QED) is 0.272. The van der Waals surface area contributed by atoms with E-state index in [9.17, 15) is 19.8 Å². The van der Waals surface area contributed by atoms with Crippen LogP contribution in [0.3, 0.4) is 0 Å². The highest BCUT2D eigenvalue weighted by Crippen LogP contribution is 2.33. The van der Waals surface area contributed by atoms with Crippen LogP contribution in [0.5, 0.6) is 0 Å². The summed E-state index contributed by atoms with van der Waals surface area (Å²) >= 11 is 0. The standard InChI is InChI=1S/C27H38O6/c1-2-15-33-16-14-20-8-7-9-21(17-20)18-22(28)12-13-24-23(25(29)19-26(24)30)10-5-3-4-6-11-27(31)32/h3,5,7-9,12-13,17,22-24,26,28,30H,2,4,6,10-11,14-16,18-19H2,1H3,(H,31,32)/b5-3-,13-12+/t22?,23-,24-,26-/m1/s1. The molecule has 6 heteroatoms. The summed E-state index contributed by atoms with van der Waals surface area (Å²) in [5, 5.41) is 29.5. The third-order valence-corrected chi connectivity index (χ3v) is 5.93. The molecule has 182 valence electrons. The number of benzene rings is 1. The van der Waals surface area contributed by atoms with Crippen LogP contribution in [0.2, 0.25) is 0 Å². The van der Waals surface area contributed by atoms with Crippen LogP contribution in [0.4, 0.5) is 0 Å². The maximum absolute atomic E-state index is 12.3. The first-order valence-corrected chi connectivity index (χ1v) is 12.0. The fourth-order valence-corrected chi connectivity index (χ4v) is 4.17. The number of carboxylic acids is 1. The molecule has 0 bridgehead atoms. The molecule has 0 spiro atoms. The lowest BCUT2D eigenvalue weighted by molar-refractivity contribution is -0.137. The molecule has 0 saturated heterocycles. The summed E-state index contributed by atoms with van der Waals surface area (Å²) in [4.78, 5) is 22.9. The van der Waals surface area contributed by atoms with Gasteiger partial charge in [0.1, 0.15) is 5.78 Å². The van der Waals surface area contributed by atoms with Crippen molar-refractivity contribution in [2.75, 3.05) is 13.2 Å². The summed E-state index contributed by atoms with van der Waals surface area (Å²) in [7, 11) is 0. The maximum Gasteiger partial charge on any atom is 0.303 e. The minimum absolute atomic E-state index is 0.0276. The highest BCUT2D eigenvalue weighted by molar-refractivity contribution is 5.84. The fraction of sp³-hybridized carbons (Fsp3) is 0.556. The van der Waals surface area contributed by atoms with Crippen molar-refractivity contribution < 1.29 is 29.6 Å². The van der Waals surface area contributed by atoms with Gasteiger partial charge in [-0.1, -0.05) is 55.5 Å². The maximum atomic E-state index is 12.3. The van der Waals surface area contributed by atoms with Gasteiger partial charge in [-0.15, -0.1) is 0 Å². The Balaban J connectivity index is 1.87. The molecule has 0 heterocycles. The number of rotatable bonds is 15. The predicted molar refractivity (Wildman–Crippen MR) is 128 cm³/mol. The number of hydrogen-bond acceptors (Lipinski definition) is 5. The van der Waals surface area contributed by atoms with E-state index >= 15 is 0 Å². The zero-order chi connectivity index (χ0) is 24.1. The van der Waals surface area contributed by atoms with E-state index < -0.39 is 18.2 Å². The van der Waals surface area contributed by atoms with Gasteiger partial charge in [-0.05, 0) is 43.2 Å². The van der Waals surface area contributed by atoms with Gasteiger partial charge in [0.15, 0.2) is 0 Å². The average molecular weight is 459 g/mol. The molecule has 2 rings (SSSR count). The number of aliphatic hydroxyl groups is 2. The Morgan fingerprint density at radius 1 is 1.24 bits per heavy atom. The van der Waals surface area contributed by atoms with Crippen LogP contribution in [-0.2, 0) is 27.2 Å². The van der Waals surface area contributed by atoms with Crippen molar-refractivity contribution in [1.82, 2.24) is 0 Å². The average Bonchev–Trinajstić information content (AvgIpc) is 3.04. The summed E-state index contributed by atoms with van der Waals surface area (Å²) in [5.41, 5.74) is 2.20. The molecule has 1 unspecified atom stereocenters. The van der Waals surface area contributed by atoms with E-state index in [-0.39, 0.29) is 30.5 Å². The molecule has 1 fully saturated rings. The van der Waals surface area contributed by atoms with Gasteiger partial charge in [0.2, 0.25) is 0 Å². The first kappa shape index (κ1) is 27.0. The summed E-state index contributed by atoms with van der Waals surface area (Å²) in [6, 6.07) is 8.11. The summed E-state index contributed by atoms with van der Waals surface area (Å²) in [6.07, 6.45) is 10.1. The normalized spacial score (nSPS) is 21.9. The number of aliphatic carboxylic acids is 1. The van der Waals surface area contributed by atoms with Gasteiger partial charge in [0.05, 0.1) is 18.8 Å². The Morgan fingerprint density at radius 2 is 2.03 bits per heavy atom. The van der Waals surface area contributed by atoms with E-state index in [2.05, 4.69) is 19.1 Å². The number of ether oxygens (including phenoxy) is 1. The second-order valence-corrected chi connectivity index (χ2v) is 8.75. The zero-order valence-electron chi connectivity index (χ0n) is 19.6. The Hall–Kier alpha value is -2.28. The number of hydrogen-bond donors (Lipinski definition) is 3. The number of carbonyl (C=O) groups excluding carboxylic acids is 1. The Labute approximate surface area is 197 Å². The lowest BCUT2D eigenvalue weighted by atomic mass is 9.90. The first-order chi connectivity index (χ1) is 15.9. The van der Waals surface area contributed by atoms with Crippen LogP contribution in [0.15, 0.2) is 48.6 Å². The van der Waals surface area contributed by atoms with E-state index in [1.807, 2.05) is 24.3 Å².